The lowest BCUT2D eigenvalue weighted by Gasteiger charge is -2.41. The molecule has 6 heteroatoms. The number of carbonyl (C=O) groups is 2. The van der Waals surface area contributed by atoms with Gasteiger partial charge in [-0.05, 0) is 24.7 Å². The molecule has 0 radical (unpaired) electrons. The Kier molecular flexibility index (Phi) is 6.08. The largest absolute Gasteiger partial charge is 0.481 e. The number of carbonyl (C=O) groups excluding carboxylic acids is 1. The summed E-state index contributed by atoms with van der Waals surface area (Å²) in [5.41, 5.74) is 0.238. The predicted molar refractivity (Wildman–Crippen MR) is 71.1 cm³/mol. The van der Waals surface area contributed by atoms with Crippen LogP contribution in [0.3, 0.4) is 0 Å². The van der Waals surface area contributed by atoms with E-state index in [0.29, 0.717) is 6.54 Å². The smallest absolute Gasteiger partial charge is 0.317 e. The monoisotopic (exact) mass is 272 g/mol. The van der Waals surface area contributed by atoms with Crippen LogP contribution in [0.25, 0.3) is 0 Å². The fraction of sp³-hybridized carbons (Fsp3) is 0.846. The zero-order valence-corrected chi connectivity index (χ0v) is 11.8. The van der Waals surface area contributed by atoms with E-state index in [9.17, 15) is 9.59 Å². The highest BCUT2D eigenvalue weighted by Gasteiger charge is 2.36. The number of ether oxygens (including phenoxy) is 1. The third-order valence-corrected chi connectivity index (χ3v) is 3.80. The van der Waals surface area contributed by atoms with Crippen LogP contribution in [0.4, 0.5) is 4.79 Å². The minimum atomic E-state index is -0.895. The second-order valence-electron chi connectivity index (χ2n) is 5.33. The number of nitrogens with one attached hydrogen (secondary N) is 1. The number of methoxy groups -OCH3 is 1. The Morgan fingerprint density at radius 3 is 2.58 bits per heavy atom. The normalized spacial score (nSPS) is 16.5. The number of aliphatic carboxylic acids is 1. The maximum Gasteiger partial charge on any atom is 0.317 e. The first-order chi connectivity index (χ1) is 8.99. The summed E-state index contributed by atoms with van der Waals surface area (Å²) in [5, 5.41) is 11.4. The second-order valence-corrected chi connectivity index (χ2v) is 5.33. The van der Waals surface area contributed by atoms with Gasteiger partial charge in [0.05, 0.1) is 13.0 Å². The number of carboxylic acids is 1. The molecule has 2 amide bonds. The Hall–Kier alpha value is -1.30. The van der Waals surface area contributed by atoms with Gasteiger partial charge in [-0.2, -0.15) is 0 Å². The first kappa shape index (κ1) is 15.8. The van der Waals surface area contributed by atoms with Crippen molar-refractivity contribution in [3.63, 3.8) is 0 Å². The molecule has 2 N–H and O–H groups in total. The van der Waals surface area contributed by atoms with E-state index < -0.39 is 5.97 Å². The molecular formula is C13H24N2O4. The van der Waals surface area contributed by atoms with Crippen LogP contribution in [0.1, 0.15) is 32.1 Å². The summed E-state index contributed by atoms with van der Waals surface area (Å²) < 4.78 is 5.23. The van der Waals surface area contributed by atoms with Gasteiger partial charge in [0.15, 0.2) is 0 Å². The Bertz CT molecular complexity index is 316. The highest BCUT2D eigenvalue weighted by Crippen LogP contribution is 2.43. The second kappa shape index (κ2) is 7.33. The van der Waals surface area contributed by atoms with Gasteiger partial charge in [0.1, 0.15) is 0 Å². The number of amides is 2. The predicted octanol–water partition coefficient (Wildman–Crippen LogP) is 1.31. The minimum absolute atomic E-state index is 0.0302. The molecule has 110 valence electrons. The number of hydrogen-bond donors (Lipinski definition) is 2. The molecule has 1 rings (SSSR count). The molecule has 1 fully saturated rings. The molecule has 0 aromatic rings. The van der Waals surface area contributed by atoms with Gasteiger partial charge >= 0.3 is 12.0 Å². The molecule has 19 heavy (non-hydrogen) atoms. The van der Waals surface area contributed by atoms with Gasteiger partial charge in [0.25, 0.3) is 0 Å². The third kappa shape index (κ3) is 5.06. The molecule has 0 saturated heterocycles. The van der Waals surface area contributed by atoms with Crippen molar-refractivity contribution in [2.45, 2.75) is 32.1 Å². The van der Waals surface area contributed by atoms with Crippen LogP contribution in [0.5, 0.6) is 0 Å². The summed E-state index contributed by atoms with van der Waals surface area (Å²) >= 11 is 0. The van der Waals surface area contributed by atoms with Gasteiger partial charge < -0.3 is 20.1 Å². The lowest BCUT2D eigenvalue weighted by molar-refractivity contribution is -0.137. The SMILES string of the molecule is COCC1(CCNC(=O)N(C)CCC(=O)O)CCC1. The number of rotatable bonds is 8. The van der Waals surface area contributed by atoms with Crippen molar-refractivity contribution in [2.24, 2.45) is 5.41 Å². The van der Waals surface area contributed by atoms with Gasteiger partial charge in [-0.15, -0.1) is 0 Å². The fourth-order valence-corrected chi connectivity index (χ4v) is 2.38. The average Bonchev–Trinajstić information content (AvgIpc) is 2.32. The maximum absolute atomic E-state index is 11.7. The summed E-state index contributed by atoms with van der Waals surface area (Å²) in [7, 11) is 3.31. The van der Waals surface area contributed by atoms with E-state index in [2.05, 4.69) is 5.32 Å². The lowest BCUT2D eigenvalue weighted by Crippen LogP contribution is -2.42. The van der Waals surface area contributed by atoms with Crippen LogP contribution in [-0.4, -0.2) is 55.9 Å². The number of carboxylic acid groups (broad SMARTS) is 1. The Morgan fingerprint density at radius 1 is 1.42 bits per heavy atom. The lowest BCUT2D eigenvalue weighted by atomic mass is 9.67. The molecule has 0 atom stereocenters. The van der Waals surface area contributed by atoms with Crippen LogP contribution >= 0.6 is 0 Å². The third-order valence-electron chi connectivity index (χ3n) is 3.80. The summed E-state index contributed by atoms with van der Waals surface area (Å²) in [4.78, 5) is 23.5. The topological polar surface area (TPSA) is 78.9 Å². The quantitative estimate of drug-likeness (QED) is 0.698. The standard InChI is InChI=1S/C13H24N2O4/c1-15(9-4-11(16)17)12(18)14-8-7-13(10-19-2)5-3-6-13/h3-10H2,1-2H3,(H,14,18)(H,16,17). The zero-order chi connectivity index (χ0) is 14.3. The molecule has 0 aliphatic heterocycles. The Morgan fingerprint density at radius 2 is 2.11 bits per heavy atom. The van der Waals surface area contributed by atoms with Crippen LogP contribution in [0.2, 0.25) is 0 Å². The summed E-state index contributed by atoms with van der Waals surface area (Å²) in [6.45, 7) is 1.59. The fourth-order valence-electron chi connectivity index (χ4n) is 2.38. The molecule has 0 spiro atoms. The summed E-state index contributed by atoms with van der Waals surface area (Å²) in [6, 6.07) is -0.215. The van der Waals surface area contributed by atoms with Crippen LogP contribution in [0, 0.1) is 5.41 Å². The van der Waals surface area contributed by atoms with E-state index in [1.54, 1.807) is 14.2 Å². The molecule has 0 bridgehead atoms. The zero-order valence-electron chi connectivity index (χ0n) is 11.8. The Balaban J connectivity index is 2.20. The van der Waals surface area contributed by atoms with Crippen molar-refractivity contribution in [3.8, 4) is 0 Å². The van der Waals surface area contributed by atoms with Gasteiger partial charge in [-0.3, -0.25) is 4.79 Å². The van der Waals surface area contributed by atoms with Gasteiger partial charge in [0.2, 0.25) is 0 Å². The molecule has 1 saturated carbocycles. The first-order valence-corrected chi connectivity index (χ1v) is 6.69. The van der Waals surface area contributed by atoms with Crippen LogP contribution in [0.15, 0.2) is 0 Å². The molecule has 0 heterocycles. The molecule has 0 aromatic heterocycles. The van der Waals surface area contributed by atoms with E-state index in [1.165, 1.54) is 11.3 Å². The molecular weight excluding hydrogens is 248 g/mol. The molecule has 1 aliphatic rings. The molecule has 6 nitrogen and oxygen atoms in total. The molecule has 1 aliphatic carbocycles. The van der Waals surface area contributed by atoms with Crippen molar-refractivity contribution < 1.29 is 19.4 Å². The van der Waals surface area contributed by atoms with Crippen molar-refractivity contribution in [3.05, 3.63) is 0 Å². The van der Waals surface area contributed by atoms with Crippen molar-refractivity contribution in [1.82, 2.24) is 10.2 Å². The van der Waals surface area contributed by atoms with E-state index >= 15 is 0 Å². The van der Waals surface area contributed by atoms with Gasteiger partial charge in [-0.1, -0.05) is 6.42 Å². The van der Waals surface area contributed by atoms with E-state index in [1.807, 2.05) is 0 Å². The summed E-state index contributed by atoms with van der Waals surface area (Å²) in [6.07, 6.45) is 4.43. The maximum atomic E-state index is 11.7. The van der Waals surface area contributed by atoms with E-state index in [4.69, 9.17) is 9.84 Å². The number of urea groups is 1. The highest BCUT2D eigenvalue weighted by molar-refractivity contribution is 5.74. The highest BCUT2D eigenvalue weighted by atomic mass is 16.5. The van der Waals surface area contributed by atoms with Crippen molar-refractivity contribution in [2.75, 3.05) is 33.9 Å². The van der Waals surface area contributed by atoms with Crippen LogP contribution in [-0.2, 0) is 9.53 Å². The van der Waals surface area contributed by atoms with Gasteiger partial charge in [0, 0.05) is 27.2 Å². The van der Waals surface area contributed by atoms with Crippen molar-refractivity contribution >= 4 is 12.0 Å². The van der Waals surface area contributed by atoms with E-state index in [-0.39, 0.29) is 24.4 Å². The van der Waals surface area contributed by atoms with Crippen molar-refractivity contribution in [1.29, 1.82) is 0 Å². The first-order valence-electron chi connectivity index (χ1n) is 6.69. The average molecular weight is 272 g/mol. The summed E-state index contributed by atoms with van der Waals surface area (Å²) in [5.74, 6) is -0.895. The minimum Gasteiger partial charge on any atom is -0.481 e. The van der Waals surface area contributed by atoms with Crippen LogP contribution < -0.4 is 5.32 Å². The Labute approximate surface area is 114 Å². The molecule has 0 aromatic carbocycles. The number of hydrogen-bond acceptors (Lipinski definition) is 3. The molecule has 0 unspecified atom stereocenters. The number of nitrogens with zero attached hydrogens (tertiary/aromatic N) is 1. The van der Waals surface area contributed by atoms with Gasteiger partial charge in [-0.25, -0.2) is 4.79 Å². The van der Waals surface area contributed by atoms with E-state index in [0.717, 1.165) is 25.9 Å².